The van der Waals surface area contributed by atoms with Crippen molar-refractivity contribution in [2.24, 2.45) is 0 Å². The summed E-state index contributed by atoms with van der Waals surface area (Å²) in [4.78, 5) is 11.9. The van der Waals surface area contributed by atoms with Crippen LogP contribution in [-0.4, -0.2) is 24.7 Å². The second-order valence-electron chi connectivity index (χ2n) is 4.94. The van der Waals surface area contributed by atoms with E-state index in [9.17, 15) is 4.79 Å². The average Bonchev–Trinajstić information content (AvgIpc) is 3.03. The number of nitrogens with one attached hydrogen (secondary N) is 1. The molecule has 0 radical (unpaired) electrons. The Kier molecular flexibility index (Phi) is 6.45. The van der Waals surface area contributed by atoms with Gasteiger partial charge >= 0.3 is 0 Å². The van der Waals surface area contributed by atoms with Crippen molar-refractivity contribution in [2.75, 3.05) is 13.7 Å². The van der Waals surface area contributed by atoms with Crippen LogP contribution in [0.2, 0.25) is 0 Å². The number of rotatable bonds is 8. The minimum absolute atomic E-state index is 0.0485. The molecule has 1 heterocycles. The number of nitrogens with zero attached hydrogens (tertiary/aromatic N) is 1. The minimum atomic E-state index is 0.0485. The van der Waals surface area contributed by atoms with E-state index < -0.39 is 0 Å². The van der Waals surface area contributed by atoms with E-state index in [-0.39, 0.29) is 5.91 Å². The van der Waals surface area contributed by atoms with E-state index in [1.807, 2.05) is 18.2 Å². The zero-order chi connectivity index (χ0) is 15.8. The van der Waals surface area contributed by atoms with Crippen molar-refractivity contribution >= 4 is 21.8 Å². The summed E-state index contributed by atoms with van der Waals surface area (Å²) in [5.41, 5.74) is 2.07. The number of hydrogen-bond acceptors (Lipinski definition) is 4. The molecule has 0 fully saturated rings. The first-order valence-corrected chi connectivity index (χ1v) is 7.95. The van der Waals surface area contributed by atoms with Gasteiger partial charge in [0, 0.05) is 23.0 Å². The zero-order valence-electron chi connectivity index (χ0n) is 12.5. The molecule has 22 heavy (non-hydrogen) atoms. The van der Waals surface area contributed by atoms with Crippen molar-refractivity contribution in [3.05, 3.63) is 46.3 Å². The smallest absolute Gasteiger partial charge is 0.220 e. The van der Waals surface area contributed by atoms with Crippen LogP contribution in [-0.2, 0) is 17.6 Å². The number of aromatic nitrogens is 1. The number of methoxy groups -OCH3 is 1. The lowest BCUT2D eigenvalue weighted by molar-refractivity contribution is -0.121. The number of amides is 1. The number of aryl methyl sites for hydroxylation is 2. The predicted molar refractivity (Wildman–Crippen MR) is 86.8 cm³/mol. The molecule has 0 aliphatic heterocycles. The zero-order valence-corrected chi connectivity index (χ0v) is 14.1. The van der Waals surface area contributed by atoms with Crippen LogP contribution in [0.4, 0.5) is 0 Å². The van der Waals surface area contributed by atoms with Crippen LogP contribution in [0.3, 0.4) is 0 Å². The van der Waals surface area contributed by atoms with Crippen molar-refractivity contribution in [1.29, 1.82) is 0 Å². The lowest BCUT2D eigenvalue weighted by atomic mass is 10.1. The molecule has 0 aliphatic rings. The molecule has 0 saturated heterocycles. The highest BCUT2D eigenvalue weighted by molar-refractivity contribution is 9.10. The lowest BCUT2D eigenvalue weighted by Gasteiger charge is -2.09. The summed E-state index contributed by atoms with van der Waals surface area (Å²) in [6.07, 6.45) is 6.14. The van der Waals surface area contributed by atoms with E-state index in [1.165, 1.54) is 0 Å². The topological polar surface area (TPSA) is 64.4 Å². The normalized spacial score (nSPS) is 10.5. The van der Waals surface area contributed by atoms with Gasteiger partial charge in [0.25, 0.3) is 0 Å². The molecule has 1 aromatic carbocycles. The van der Waals surface area contributed by atoms with Crippen LogP contribution in [0.5, 0.6) is 5.75 Å². The van der Waals surface area contributed by atoms with Gasteiger partial charge in [-0.15, -0.1) is 0 Å². The van der Waals surface area contributed by atoms with Crippen LogP contribution >= 0.6 is 15.9 Å². The Bertz CT molecular complexity index is 599. The van der Waals surface area contributed by atoms with E-state index >= 15 is 0 Å². The molecule has 5 nitrogen and oxygen atoms in total. The van der Waals surface area contributed by atoms with Crippen LogP contribution in [0.25, 0.3) is 0 Å². The van der Waals surface area contributed by atoms with Crippen molar-refractivity contribution in [3.8, 4) is 5.75 Å². The summed E-state index contributed by atoms with van der Waals surface area (Å²) in [5.74, 6) is 0.857. The molecule has 2 rings (SSSR count). The first-order chi connectivity index (χ1) is 10.7. The minimum Gasteiger partial charge on any atom is -0.496 e. The molecule has 118 valence electrons. The number of carbonyl (C=O) groups is 1. The number of benzene rings is 1. The predicted octanol–water partition coefficient (Wildman–Crippen LogP) is 3.13. The highest BCUT2D eigenvalue weighted by Crippen LogP contribution is 2.24. The third-order valence-corrected chi connectivity index (χ3v) is 3.80. The molecule has 0 spiro atoms. The molecule has 1 aromatic heterocycles. The van der Waals surface area contributed by atoms with Crippen molar-refractivity contribution < 1.29 is 14.1 Å². The molecule has 2 aromatic rings. The summed E-state index contributed by atoms with van der Waals surface area (Å²) in [6, 6.07) is 5.81. The van der Waals surface area contributed by atoms with Gasteiger partial charge in [-0.25, -0.2) is 0 Å². The van der Waals surface area contributed by atoms with Crippen molar-refractivity contribution in [2.45, 2.75) is 25.7 Å². The van der Waals surface area contributed by atoms with E-state index in [1.54, 1.807) is 19.6 Å². The summed E-state index contributed by atoms with van der Waals surface area (Å²) >= 11 is 3.43. The van der Waals surface area contributed by atoms with Gasteiger partial charge in [-0.2, -0.15) is 0 Å². The molecular weight excluding hydrogens is 348 g/mol. The molecule has 0 atom stereocenters. The maximum atomic E-state index is 11.9. The molecule has 0 bridgehead atoms. The van der Waals surface area contributed by atoms with E-state index in [0.717, 1.165) is 34.2 Å². The first kappa shape index (κ1) is 16.5. The highest BCUT2D eigenvalue weighted by atomic mass is 79.9. The van der Waals surface area contributed by atoms with Gasteiger partial charge in [0.1, 0.15) is 12.0 Å². The van der Waals surface area contributed by atoms with E-state index in [0.29, 0.717) is 19.4 Å². The second-order valence-corrected chi connectivity index (χ2v) is 5.86. The second kappa shape index (κ2) is 8.58. The van der Waals surface area contributed by atoms with Crippen LogP contribution in [0, 0.1) is 0 Å². The molecule has 0 unspecified atom stereocenters. The van der Waals surface area contributed by atoms with Gasteiger partial charge < -0.3 is 14.6 Å². The molecule has 0 aliphatic carbocycles. The summed E-state index contributed by atoms with van der Waals surface area (Å²) in [6.45, 7) is 0.652. The largest absolute Gasteiger partial charge is 0.496 e. The standard InChI is InChI=1S/C16H19BrN2O3/c1-21-15-6-5-14(17)9-13(15)4-7-16(20)18-8-2-3-12-10-19-22-11-12/h5-6,9-11H,2-4,7-8H2,1H3,(H,18,20). The van der Waals surface area contributed by atoms with Crippen molar-refractivity contribution in [3.63, 3.8) is 0 Å². The fourth-order valence-electron chi connectivity index (χ4n) is 2.15. The molecule has 6 heteroatoms. The number of ether oxygens (including phenoxy) is 1. The quantitative estimate of drug-likeness (QED) is 0.729. The molecule has 0 saturated carbocycles. The van der Waals surface area contributed by atoms with Gasteiger partial charge in [0.15, 0.2) is 0 Å². The third-order valence-electron chi connectivity index (χ3n) is 3.31. The first-order valence-electron chi connectivity index (χ1n) is 7.16. The third kappa shape index (κ3) is 5.18. The Morgan fingerprint density at radius 1 is 1.41 bits per heavy atom. The maximum absolute atomic E-state index is 11.9. The van der Waals surface area contributed by atoms with Gasteiger partial charge in [0.05, 0.1) is 13.3 Å². The molecular formula is C16H19BrN2O3. The van der Waals surface area contributed by atoms with E-state index in [2.05, 4.69) is 26.4 Å². The van der Waals surface area contributed by atoms with Crippen LogP contribution < -0.4 is 10.1 Å². The van der Waals surface area contributed by atoms with Gasteiger partial charge in [-0.3, -0.25) is 4.79 Å². The Labute approximate surface area is 138 Å². The van der Waals surface area contributed by atoms with Crippen molar-refractivity contribution in [1.82, 2.24) is 10.5 Å². The van der Waals surface area contributed by atoms with E-state index in [4.69, 9.17) is 9.26 Å². The number of carbonyl (C=O) groups excluding carboxylic acids is 1. The number of halogens is 1. The summed E-state index contributed by atoms with van der Waals surface area (Å²) in [5, 5.41) is 6.57. The number of hydrogen-bond donors (Lipinski definition) is 1. The molecule has 1 amide bonds. The van der Waals surface area contributed by atoms with Crippen LogP contribution in [0.1, 0.15) is 24.0 Å². The average molecular weight is 367 g/mol. The van der Waals surface area contributed by atoms with Gasteiger partial charge in [-0.05, 0) is 43.0 Å². The summed E-state index contributed by atoms with van der Waals surface area (Å²) in [7, 11) is 1.64. The van der Waals surface area contributed by atoms with Crippen LogP contribution in [0.15, 0.2) is 39.7 Å². The van der Waals surface area contributed by atoms with Gasteiger partial charge in [0.2, 0.25) is 5.91 Å². The van der Waals surface area contributed by atoms with Gasteiger partial charge in [-0.1, -0.05) is 21.1 Å². The lowest BCUT2D eigenvalue weighted by Crippen LogP contribution is -2.25. The Hall–Kier alpha value is -1.82. The monoisotopic (exact) mass is 366 g/mol. The summed E-state index contributed by atoms with van der Waals surface area (Å²) < 4.78 is 11.0. The fourth-order valence-corrected chi connectivity index (χ4v) is 2.56. The Morgan fingerprint density at radius 3 is 3.00 bits per heavy atom. The fraction of sp³-hybridized carbons (Fsp3) is 0.375. The highest BCUT2D eigenvalue weighted by Gasteiger charge is 2.07. The molecule has 1 N–H and O–H groups in total. The maximum Gasteiger partial charge on any atom is 0.220 e. The Morgan fingerprint density at radius 2 is 2.27 bits per heavy atom. The SMILES string of the molecule is COc1ccc(Br)cc1CCC(=O)NCCCc1cnoc1. The Balaban J connectivity index is 1.70.